The van der Waals surface area contributed by atoms with Gasteiger partial charge in [0, 0.05) is 68.7 Å². The molecule has 7 heteroatoms. The highest BCUT2D eigenvalue weighted by molar-refractivity contribution is 5.96. The van der Waals surface area contributed by atoms with Crippen LogP contribution in [0.3, 0.4) is 0 Å². The Morgan fingerprint density at radius 1 is 0.825 bits per heavy atom. The number of rotatable bonds is 7. The van der Waals surface area contributed by atoms with Gasteiger partial charge < -0.3 is 28.7 Å². The minimum Gasteiger partial charge on any atom is -0.497 e. The predicted octanol–water partition coefficient (Wildman–Crippen LogP) is 6.05. The quantitative estimate of drug-likeness (QED) is 0.393. The lowest BCUT2D eigenvalue weighted by molar-refractivity contribution is -0.132. The van der Waals surface area contributed by atoms with Crippen LogP contribution in [0.25, 0.3) is 11.1 Å². The van der Waals surface area contributed by atoms with Gasteiger partial charge in [0.15, 0.2) is 0 Å². The Kier molecular flexibility index (Phi) is 8.05. The summed E-state index contributed by atoms with van der Waals surface area (Å²) in [4.78, 5) is 16.8. The molecule has 1 fully saturated rings. The fourth-order valence-electron chi connectivity index (χ4n) is 5.92. The SMILES string of the molecule is COc1ccc2c(c1)OC(C)(C)C/C2=C1/CC(C)(C)Oc2cc(OCCCCC(=O)N3CCN(C)CC3)ccc21. The van der Waals surface area contributed by atoms with E-state index in [0.717, 1.165) is 86.0 Å². The van der Waals surface area contributed by atoms with Crippen molar-refractivity contribution >= 4 is 17.1 Å². The third kappa shape index (κ3) is 6.41. The van der Waals surface area contributed by atoms with E-state index in [2.05, 4.69) is 51.8 Å². The van der Waals surface area contributed by atoms with Gasteiger partial charge in [-0.3, -0.25) is 4.79 Å². The molecule has 3 aliphatic heterocycles. The molecular weight excluding hydrogens is 504 g/mol. The van der Waals surface area contributed by atoms with Crippen LogP contribution in [0.1, 0.15) is 70.9 Å². The van der Waals surface area contributed by atoms with Gasteiger partial charge in [0.05, 0.1) is 13.7 Å². The van der Waals surface area contributed by atoms with Crippen molar-refractivity contribution < 1.29 is 23.7 Å². The molecule has 1 amide bonds. The van der Waals surface area contributed by atoms with Crippen molar-refractivity contribution in [1.82, 2.24) is 9.80 Å². The van der Waals surface area contributed by atoms with Gasteiger partial charge in [-0.25, -0.2) is 0 Å². The van der Waals surface area contributed by atoms with Gasteiger partial charge in [0.2, 0.25) is 5.91 Å². The Bertz CT molecular complexity index is 1270. The summed E-state index contributed by atoms with van der Waals surface area (Å²) in [6, 6.07) is 12.3. The number of benzene rings is 2. The molecule has 7 nitrogen and oxygen atoms in total. The molecule has 1 saturated heterocycles. The smallest absolute Gasteiger partial charge is 0.222 e. The molecule has 40 heavy (non-hydrogen) atoms. The summed E-state index contributed by atoms with van der Waals surface area (Å²) in [6.07, 6.45) is 3.87. The molecule has 0 aromatic heterocycles. The van der Waals surface area contributed by atoms with E-state index in [4.69, 9.17) is 18.9 Å². The van der Waals surface area contributed by atoms with E-state index in [1.54, 1.807) is 7.11 Å². The van der Waals surface area contributed by atoms with Crippen molar-refractivity contribution in [2.75, 3.05) is 46.9 Å². The highest BCUT2D eigenvalue weighted by Crippen LogP contribution is 2.50. The van der Waals surface area contributed by atoms with Crippen molar-refractivity contribution in [3.63, 3.8) is 0 Å². The first-order chi connectivity index (χ1) is 19.0. The van der Waals surface area contributed by atoms with Crippen molar-refractivity contribution in [1.29, 1.82) is 0 Å². The van der Waals surface area contributed by atoms with Crippen molar-refractivity contribution in [3.05, 3.63) is 47.5 Å². The number of hydrogen-bond acceptors (Lipinski definition) is 6. The lowest BCUT2D eigenvalue weighted by Crippen LogP contribution is -2.47. The second-order valence-electron chi connectivity index (χ2n) is 12.5. The number of amides is 1. The van der Waals surface area contributed by atoms with Crippen LogP contribution in [0.2, 0.25) is 0 Å². The van der Waals surface area contributed by atoms with Crippen molar-refractivity contribution in [3.8, 4) is 23.0 Å². The molecule has 3 heterocycles. The number of carbonyl (C=O) groups is 1. The van der Waals surface area contributed by atoms with Crippen LogP contribution in [0.15, 0.2) is 36.4 Å². The number of hydrogen-bond donors (Lipinski definition) is 0. The van der Waals surface area contributed by atoms with Crippen LogP contribution in [-0.2, 0) is 4.79 Å². The van der Waals surface area contributed by atoms with Crippen LogP contribution in [-0.4, -0.2) is 73.9 Å². The molecule has 0 spiro atoms. The topological polar surface area (TPSA) is 60.5 Å². The van der Waals surface area contributed by atoms with Gasteiger partial charge in [-0.05, 0) is 83.0 Å². The van der Waals surface area contributed by atoms with E-state index in [0.29, 0.717) is 13.0 Å². The normalized spacial score (nSPS) is 21.5. The lowest BCUT2D eigenvalue weighted by atomic mass is 9.79. The number of piperazine rings is 1. The molecule has 0 N–H and O–H groups in total. The number of fused-ring (bicyclic) bond motifs is 2. The van der Waals surface area contributed by atoms with Crippen LogP contribution >= 0.6 is 0 Å². The molecule has 0 bridgehead atoms. The predicted molar refractivity (Wildman–Crippen MR) is 158 cm³/mol. The Morgan fingerprint density at radius 3 is 1.95 bits per heavy atom. The second kappa shape index (κ2) is 11.4. The first kappa shape index (κ1) is 28.3. The maximum atomic E-state index is 12.5. The van der Waals surface area contributed by atoms with Crippen molar-refractivity contribution in [2.24, 2.45) is 0 Å². The number of unbranched alkanes of at least 4 members (excludes halogenated alkanes) is 1. The first-order valence-electron chi connectivity index (χ1n) is 14.6. The number of ether oxygens (including phenoxy) is 4. The molecular formula is C33H44N2O5. The number of methoxy groups -OCH3 is 1. The summed E-state index contributed by atoms with van der Waals surface area (Å²) < 4.78 is 24.4. The van der Waals surface area contributed by atoms with E-state index < -0.39 is 0 Å². The summed E-state index contributed by atoms with van der Waals surface area (Å²) in [5.74, 6) is 3.55. The van der Waals surface area contributed by atoms with E-state index in [-0.39, 0.29) is 17.1 Å². The Balaban J connectivity index is 1.30. The monoisotopic (exact) mass is 548 g/mol. The summed E-state index contributed by atoms with van der Waals surface area (Å²) in [5, 5.41) is 0. The molecule has 0 saturated carbocycles. The Labute approximate surface area is 239 Å². The zero-order chi connectivity index (χ0) is 28.5. The average molecular weight is 549 g/mol. The van der Waals surface area contributed by atoms with Crippen LogP contribution in [0.4, 0.5) is 0 Å². The Hall–Kier alpha value is -3.19. The summed E-state index contributed by atoms with van der Waals surface area (Å²) in [6.45, 7) is 12.7. The average Bonchev–Trinajstić information content (AvgIpc) is 2.90. The van der Waals surface area contributed by atoms with Crippen LogP contribution in [0, 0.1) is 0 Å². The summed E-state index contributed by atoms with van der Waals surface area (Å²) >= 11 is 0. The molecule has 3 aliphatic rings. The minimum absolute atomic E-state index is 0.259. The Morgan fingerprint density at radius 2 is 1.38 bits per heavy atom. The zero-order valence-corrected chi connectivity index (χ0v) is 25.0. The van der Waals surface area contributed by atoms with Gasteiger partial charge in [-0.15, -0.1) is 0 Å². The van der Waals surface area contributed by atoms with Crippen LogP contribution < -0.4 is 18.9 Å². The summed E-state index contributed by atoms with van der Waals surface area (Å²) in [7, 11) is 3.78. The van der Waals surface area contributed by atoms with Gasteiger partial charge in [0.1, 0.15) is 34.2 Å². The second-order valence-corrected chi connectivity index (χ2v) is 12.5. The molecule has 0 radical (unpaired) electrons. The fraction of sp³-hybridized carbons (Fsp3) is 0.545. The number of carbonyl (C=O) groups excluding carboxylic acids is 1. The molecule has 0 aliphatic carbocycles. The van der Waals surface area contributed by atoms with Gasteiger partial charge in [0.25, 0.3) is 0 Å². The highest BCUT2D eigenvalue weighted by Gasteiger charge is 2.37. The largest absolute Gasteiger partial charge is 0.497 e. The molecule has 216 valence electrons. The zero-order valence-electron chi connectivity index (χ0n) is 25.0. The van der Waals surface area contributed by atoms with E-state index >= 15 is 0 Å². The molecule has 2 aromatic rings. The maximum Gasteiger partial charge on any atom is 0.222 e. The lowest BCUT2D eigenvalue weighted by Gasteiger charge is -2.39. The first-order valence-corrected chi connectivity index (χ1v) is 14.6. The number of likely N-dealkylation sites (N-methyl/N-ethyl adjacent to an activating group) is 1. The van der Waals surface area contributed by atoms with E-state index in [9.17, 15) is 4.79 Å². The van der Waals surface area contributed by atoms with E-state index in [1.165, 1.54) is 11.1 Å². The molecule has 2 aromatic carbocycles. The minimum atomic E-state index is -0.355. The van der Waals surface area contributed by atoms with Crippen molar-refractivity contribution in [2.45, 2.75) is 71.0 Å². The van der Waals surface area contributed by atoms with Gasteiger partial charge in [-0.2, -0.15) is 0 Å². The fourth-order valence-corrected chi connectivity index (χ4v) is 5.92. The maximum absolute atomic E-state index is 12.5. The van der Waals surface area contributed by atoms with E-state index in [1.807, 2.05) is 29.2 Å². The summed E-state index contributed by atoms with van der Waals surface area (Å²) in [5.41, 5.74) is 4.13. The van der Waals surface area contributed by atoms with Crippen LogP contribution in [0.5, 0.6) is 23.0 Å². The van der Waals surface area contributed by atoms with Gasteiger partial charge >= 0.3 is 0 Å². The van der Waals surface area contributed by atoms with Gasteiger partial charge in [-0.1, -0.05) is 0 Å². The third-order valence-electron chi connectivity index (χ3n) is 8.04. The third-order valence-corrected chi connectivity index (χ3v) is 8.04. The number of nitrogens with zero attached hydrogens (tertiary/aromatic N) is 2. The molecule has 5 rings (SSSR count). The standard InChI is InChI=1S/C33H44N2O5/c1-32(2)21-27(25-12-10-23(37-6)19-29(25)39-32)28-22-33(3,4)40-30-20-24(11-13-26(28)30)38-18-8-7-9-31(36)35-16-14-34(5)15-17-35/h10-13,19-20H,7-9,14-18,21-22H2,1-6H3/b28-27+. The molecule has 0 unspecified atom stereocenters. The molecule has 0 atom stereocenters. The highest BCUT2D eigenvalue weighted by atomic mass is 16.5.